The van der Waals surface area contributed by atoms with Crippen LogP contribution >= 0.6 is 0 Å². The van der Waals surface area contributed by atoms with E-state index in [1.165, 1.54) is 0 Å². The molecule has 2 aromatic carbocycles. The number of carbonyl (C=O) groups excluding carboxylic acids is 1. The van der Waals surface area contributed by atoms with Crippen molar-refractivity contribution in [2.45, 2.75) is 18.4 Å². The molecule has 2 N–H and O–H groups in total. The van der Waals surface area contributed by atoms with Gasteiger partial charge in [0, 0.05) is 23.0 Å². The normalized spacial score (nSPS) is 11.7. The molecule has 0 saturated heterocycles. The third-order valence-electron chi connectivity index (χ3n) is 3.73. The molecule has 0 saturated carbocycles. The van der Waals surface area contributed by atoms with Gasteiger partial charge in [-0.25, -0.2) is 13.1 Å². The molecule has 0 fully saturated rings. The number of fused-ring (bicyclic) bond motifs is 1. The Labute approximate surface area is 134 Å². The number of nitrogens with one attached hydrogen (secondary N) is 2. The number of hydrogen-bond acceptors (Lipinski definition) is 3. The van der Waals surface area contributed by atoms with Crippen LogP contribution in [0.1, 0.15) is 21.6 Å². The molecule has 3 aromatic rings. The van der Waals surface area contributed by atoms with Crippen LogP contribution in [0.5, 0.6) is 0 Å². The first-order valence-electron chi connectivity index (χ1n) is 7.12. The molecule has 5 nitrogen and oxygen atoms in total. The number of aldehydes is 1. The second-order valence-corrected chi connectivity index (χ2v) is 7.09. The monoisotopic (exact) mass is 328 g/mol. The van der Waals surface area contributed by atoms with Gasteiger partial charge in [0.2, 0.25) is 10.0 Å². The minimum absolute atomic E-state index is 0.0499. The molecule has 23 heavy (non-hydrogen) atoms. The average Bonchev–Trinajstić information content (AvgIpc) is 2.91. The quantitative estimate of drug-likeness (QED) is 0.707. The lowest BCUT2D eigenvalue weighted by Gasteiger charge is -2.07. The van der Waals surface area contributed by atoms with Crippen LogP contribution in [-0.4, -0.2) is 19.7 Å². The molecule has 0 aliphatic rings. The van der Waals surface area contributed by atoms with E-state index in [0.717, 1.165) is 16.5 Å². The second kappa shape index (κ2) is 5.98. The van der Waals surface area contributed by atoms with Crippen molar-refractivity contribution in [2.24, 2.45) is 0 Å². The van der Waals surface area contributed by atoms with Gasteiger partial charge in [-0.2, -0.15) is 0 Å². The Morgan fingerprint density at radius 1 is 1.09 bits per heavy atom. The number of para-hydroxylation sites is 1. The van der Waals surface area contributed by atoms with Gasteiger partial charge >= 0.3 is 0 Å². The summed E-state index contributed by atoms with van der Waals surface area (Å²) in [5.74, 6) is 0. The van der Waals surface area contributed by atoms with Crippen LogP contribution in [0.2, 0.25) is 0 Å². The number of sulfonamides is 1. The van der Waals surface area contributed by atoms with Gasteiger partial charge in [-0.1, -0.05) is 35.9 Å². The summed E-state index contributed by atoms with van der Waals surface area (Å²) >= 11 is 0. The molecule has 6 heteroatoms. The fourth-order valence-corrected chi connectivity index (χ4v) is 3.48. The van der Waals surface area contributed by atoms with E-state index in [1.807, 2.05) is 31.2 Å². The summed E-state index contributed by atoms with van der Waals surface area (Å²) in [6.45, 7) is 1.94. The molecule has 0 amide bonds. The van der Waals surface area contributed by atoms with Gasteiger partial charge in [-0.05, 0) is 25.1 Å². The standard InChI is InChI=1S/C17H16N2O3S/c1-12-6-8-13(9-7-12)23(21,22)18-10-15-14-4-2-3-5-16(14)19-17(15)11-20/h2-9,11,18-19H,10H2,1H3. The highest BCUT2D eigenvalue weighted by Crippen LogP contribution is 2.22. The highest BCUT2D eigenvalue weighted by Gasteiger charge is 2.16. The number of H-pyrrole nitrogens is 1. The smallest absolute Gasteiger partial charge is 0.240 e. The van der Waals surface area contributed by atoms with Crippen LogP contribution in [-0.2, 0) is 16.6 Å². The third kappa shape index (κ3) is 3.04. The Kier molecular flexibility index (Phi) is 4.02. The lowest BCUT2D eigenvalue weighted by Crippen LogP contribution is -2.23. The van der Waals surface area contributed by atoms with Gasteiger partial charge in [0.25, 0.3) is 0 Å². The predicted octanol–water partition coefficient (Wildman–Crippen LogP) is 2.77. The van der Waals surface area contributed by atoms with Crippen molar-refractivity contribution in [2.75, 3.05) is 0 Å². The lowest BCUT2D eigenvalue weighted by atomic mass is 10.1. The van der Waals surface area contributed by atoms with Crippen LogP contribution < -0.4 is 4.72 Å². The first kappa shape index (κ1) is 15.5. The van der Waals surface area contributed by atoms with Gasteiger partial charge in [-0.15, -0.1) is 0 Å². The topological polar surface area (TPSA) is 79.0 Å². The Bertz CT molecular complexity index is 957. The summed E-state index contributed by atoms with van der Waals surface area (Å²) in [5.41, 5.74) is 2.83. The van der Waals surface area contributed by atoms with Crippen LogP contribution in [0.3, 0.4) is 0 Å². The summed E-state index contributed by atoms with van der Waals surface area (Å²) in [4.78, 5) is 14.4. The molecule has 118 valence electrons. The zero-order valence-electron chi connectivity index (χ0n) is 12.5. The Morgan fingerprint density at radius 3 is 2.48 bits per heavy atom. The number of benzene rings is 2. The molecule has 1 aromatic heterocycles. The number of carbonyl (C=O) groups is 1. The van der Waals surface area contributed by atoms with E-state index in [1.54, 1.807) is 24.3 Å². The van der Waals surface area contributed by atoms with E-state index >= 15 is 0 Å². The highest BCUT2D eigenvalue weighted by atomic mass is 32.2. The maximum atomic E-state index is 12.4. The van der Waals surface area contributed by atoms with E-state index < -0.39 is 10.0 Å². The fraction of sp³-hybridized carbons (Fsp3) is 0.118. The number of hydrogen-bond donors (Lipinski definition) is 2. The third-order valence-corrected chi connectivity index (χ3v) is 5.15. The minimum Gasteiger partial charge on any atom is -0.352 e. The number of aryl methyl sites for hydroxylation is 1. The molecule has 3 rings (SSSR count). The Balaban J connectivity index is 1.91. The molecule has 0 aliphatic heterocycles. The van der Waals surface area contributed by atoms with Gasteiger partial charge in [0.1, 0.15) is 0 Å². The largest absolute Gasteiger partial charge is 0.352 e. The van der Waals surface area contributed by atoms with Crippen LogP contribution in [0.15, 0.2) is 53.4 Å². The predicted molar refractivity (Wildman–Crippen MR) is 88.9 cm³/mol. The molecule has 0 atom stereocenters. The van der Waals surface area contributed by atoms with E-state index in [0.29, 0.717) is 17.5 Å². The molecule has 1 heterocycles. The van der Waals surface area contributed by atoms with Crippen molar-refractivity contribution >= 4 is 27.2 Å². The number of rotatable bonds is 5. The minimum atomic E-state index is -3.63. The average molecular weight is 328 g/mol. The summed E-state index contributed by atoms with van der Waals surface area (Å²) < 4.78 is 27.3. The van der Waals surface area contributed by atoms with Gasteiger partial charge in [-0.3, -0.25) is 4.79 Å². The number of aromatic nitrogens is 1. The van der Waals surface area contributed by atoms with Crippen molar-refractivity contribution in [3.05, 3.63) is 65.4 Å². The van der Waals surface area contributed by atoms with Crippen molar-refractivity contribution in [3.63, 3.8) is 0 Å². The molecule has 0 unspecified atom stereocenters. The zero-order valence-corrected chi connectivity index (χ0v) is 13.4. The maximum Gasteiger partial charge on any atom is 0.240 e. The van der Waals surface area contributed by atoms with Crippen molar-refractivity contribution in [1.82, 2.24) is 9.71 Å². The summed E-state index contributed by atoms with van der Waals surface area (Å²) in [6.07, 6.45) is 0.704. The molecular weight excluding hydrogens is 312 g/mol. The lowest BCUT2D eigenvalue weighted by molar-refractivity contribution is 0.111. The zero-order chi connectivity index (χ0) is 16.4. The molecule has 0 spiro atoms. The Morgan fingerprint density at radius 2 is 1.78 bits per heavy atom. The summed E-state index contributed by atoms with van der Waals surface area (Å²) in [5, 5.41) is 0.834. The van der Waals surface area contributed by atoms with Gasteiger partial charge < -0.3 is 4.98 Å². The molecular formula is C17H16N2O3S. The van der Waals surface area contributed by atoms with E-state index in [4.69, 9.17) is 0 Å². The van der Waals surface area contributed by atoms with Crippen LogP contribution in [0.25, 0.3) is 10.9 Å². The SMILES string of the molecule is Cc1ccc(S(=O)(=O)NCc2c(C=O)[nH]c3ccccc23)cc1. The number of aromatic amines is 1. The summed E-state index contributed by atoms with van der Waals surface area (Å²) in [6, 6.07) is 14.0. The fourth-order valence-electron chi connectivity index (χ4n) is 2.48. The van der Waals surface area contributed by atoms with Crippen LogP contribution in [0.4, 0.5) is 0 Å². The molecule has 0 aliphatic carbocycles. The highest BCUT2D eigenvalue weighted by molar-refractivity contribution is 7.89. The second-order valence-electron chi connectivity index (χ2n) is 5.32. The van der Waals surface area contributed by atoms with Gasteiger partial charge in [0.05, 0.1) is 10.6 Å². The maximum absolute atomic E-state index is 12.4. The van der Waals surface area contributed by atoms with Gasteiger partial charge in [0.15, 0.2) is 6.29 Å². The molecule has 0 bridgehead atoms. The van der Waals surface area contributed by atoms with E-state index in [2.05, 4.69) is 9.71 Å². The summed E-state index contributed by atoms with van der Waals surface area (Å²) in [7, 11) is -3.63. The molecule has 0 radical (unpaired) electrons. The van der Waals surface area contributed by atoms with Crippen LogP contribution in [0, 0.1) is 6.92 Å². The van der Waals surface area contributed by atoms with Crippen molar-refractivity contribution < 1.29 is 13.2 Å². The first-order chi connectivity index (χ1) is 11.0. The van der Waals surface area contributed by atoms with Crippen molar-refractivity contribution in [1.29, 1.82) is 0 Å². The Hall–Kier alpha value is -2.44. The van der Waals surface area contributed by atoms with Crippen molar-refractivity contribution in [3.8, 4) is 0 Å². The first-order valence-corrected chi connectivity index (χ1v) is 8.60. The van der Waals surface area contributed by atoms with E-state index in [-0.39, 0.29) is 11.4 Å². The van der Waals surface area contributed by atoms with E-state index in [9.17, 15) is 13.2 Å².